The third-order valence-electron chi connectivity index (χ3n) is 7.75. The molecular formula is C35H35N5O4S4. The van der Waals surface area contributed by atoms with E-state index in [4.69, 9.17) is 24.4 Å². The lowest BCUT2D eigenvalue weighted by molar-refractivity contribution is -0.136. The number of carbonyl (C=O) groups excluding carboxylic acids is 4. The van der Waals surface area contributed by atoms with E-state index in [2.05, 4.69) is 10.2 Å². The van der Waals surface area contributed by atoms with Crippen molar-refractivity contribution >= 4 is 92.4 Å². The molecule has 0 aromatic heterocycles. The summed E-state index contributed by atoms with van der Waals surface area (Å²) in [5.41, 5.74) is 2.06. The summed E-state index contributed by atoms with van der Waals surface area (Å²) in [5.74, 6) is -0.740. The van der Waals surface area contributed by atoms with Gasteiger partial charge in [0.15, 0.2) is 0 Å². The quantitative estimate of drug-likeness (QED) is 0.251. The van der Waals surface area contributed by atoms with Gasteiger partial charge < -0.3 is 10.2 Å². The molecule has 0 atom stereocenters. The summed E-state index contributed by atoms with van der Waals surface area (Å²) in [6.07, 6.45) is 11.1. The zero-order chi connectivity index (χ0) is 33.9. The van der Waals surface area contributed by atoms with Gasteiger partial charge in [-0.2, -0.15) is 0 Å². The Labute approximate surface area is 299 Å². The molecular weight excluding hydrogens is 683 g/mol. The fourth-order valence-electron chi connectivity index (χ4n) is 5.09. The second kappa shape index (κ2) is 17.5. The van der Waals surface area contributed by atoms with Crippen molar-refractivity contribution in [2.75, 3.05) is 52.4 Å². The molecule has 0 radical (unpaired) electrons. The Morgan fingerprint density at radius 2 is 1.25 bits per heavy atom. The first-order valence-corrected chi connectivity index (χ1v) is 17.9. The maximum absolute atomic E-state index is 13.0. The summed E-state index contributed by atoms with van der Waals surface area (Å²) < 4.78 is 0.826. The van der Waals surface area contributed by atoms with Crippen molar-refractivity contribution < 1.29 is 19.2 Å². The maximum atomic E-state index is 13.0. The minimum atomic E-state index is -0.256. The lowest BCUT2D eigenvalue weighted by Crippen LogP contribution is -2.52. The number of hydrogen-bond donors (Lipinski definition) is 1. The molecule has 3 saturated heterocycles. The topological polar surface area (TPSA) is 93.3 Å². The Balaban J connectivity index is 0.978. The number of hydrogen-bond acceptors (Lipinski definition) is 9. The van der Waals surface area contributed by atoms with Crippen molar-refractivity contribution in [2.45, 2.75) is 6.42 Å². The van der Waals surface area contributed by atoms with E-state index >= 15 is 0 Å². The third kappa shape index (κ3) is 9.83. The van der Waals surface area contributed by atoms with Gasteiger partial charge in [0.2, 0.25) is 11.8 Å². The predicted molar refractivity (Wildman–Crippen MR) is 202 cm³/mol. The fraction of sp³-hybridized carbons (Fsp3) is 0.257. The summed E-state index contributed by atoms with van der Waals surface area (Å²) in [4.78, 5) is 59.1. The van der Waals surface area contributed by atoms with E-state index in [-0.39, 0.29) is 43.1 Å². The van der Waals surface area contributed by atoms with Crippen molar-refractivity contribution in [2.24, 2.45) is 0 Å². The van der Waals surface area contributed by atoms with Crippen LogP contribution in [0.4, 0.5) is 0 Å². The SMILES string of the molecule is O=C(CCN1C(=O)C(=CC=Cc2ccccc2)SC1=S)NCCN1CCN(C(=O)CN2C(=O)C(=CC=Cc3ccccc3)SC2=S)CC1. The van der Waals surface area contributed by atoms with Crippen LogP contribution in [-0.2, 0) is 19.2 Å². The molecule has 248 valence electrons. The standard InChI is InChI=1S/C35H35N5O4S4/c41-30(17-19-39-32(43)28(47-34(39)45)15-7-13-26-9-3-1-4-10-26)36-18-20-37-21-23-38(24-22-37)31(42)25-40-33(44)29(48-35(40)46)16-8-14-27-11-5-2-6-12-27/h1-16H,17-25H2,(H,36,41). The Morgan fingerprint density at radius 3 is 1.81 bits per heavy atom. The summed E-state index contributed by atoms with van der Waals surface area (Å²) in [5, 5.41) is 2.92. The zero-order valence-corrected chi connectivity index (χ0v) is 29.4. The van der Waals surface area contributed by atoms with Crippen molar-refractivity contribution in [3.8, 4) is 0 Å². The molecule has 13 heteroatoms. The van der Waals surface area contributed by atoms with E-state index < -0.39 is 0 Å². The van der Waals surface area contributed by atoms with Crippen LogP contribution in [0.5, 0.6) is 0 Å². The number of benzene rings is 2. The Kier molecular flexibility index (Phi) is 12.9. The summed E-state index contributed by atoms with van der Waals surface area (Å²) in [7, 11) is 0. The predicted octanol–water partition coefficient (Wildman–Crippen LogP) is 4.55. The molecule has 9 nitrogen and oxygen atoms in total. The lowest BCUT2D eigenvalue weighted by atomic mass is 10.2. The monoisotopic (exact) mass is 717 g/mol. The van der Waals surface area contributed by atoms with E-state index in [0.717, 1.165) is 11.1 Å². The largest absolute Gasteiger partial charge is 0.355 e. The van der Waals surface area contributed by atoms with Crippen LogP contribution in [-0.4, -0.2) is 104 Å². The van der Waals surface area contributed by atoms with Crippen LogP contribution >= 0.6 is 48.0 Å². The highest BCUT2D eigenvalue weighted by Crippen LogP contribution is 2.32. The van der Waals surface area contributed by atoms with Gasteiger partial charge in [0, 0.05) is 52.2 Å². The average molecular weight is 718 g/mol. The molecule has 0 saturated carbocycles. The van der Waals surface area contributed by atoms with E-state index in [1.807, 2.05) is 85.0 Å². The lowest BCUT2D eigenvalue weighted by Gasteiger charge is -2.35. The second-order valence-electron chi connectivity index (χ2n) is 11.0. The second-order valence-corrected chi connectivity index (χ2v) is 14.4. The van der Waals surface area contributed by atoms with Gasteiger partial charge in [0.1, 0.15) is 15.2 Å². The summed E-state index contributed by atoms with van der Waals surface area (Å²) in [6, 6.07) is 19.6. The summed E-state index contributed by atoms with van der Waals surface area (Å²) in [6.45, 7) is 3.61. The number of carbonyl (C=O) groups is 4. The molecule has 48 heavy (non-hydrogen) atoms. The van der Waals surface area contributed by atoms with Crippen molar-refractivity contribution in [1.82, 2.24) is 24.9 Å². The molecule has 3 fully saturated rings. The van der Waals surface area contributed by atoms with Gasteiger partial charge in [-0.25, -0.2) is 0 Å². The zero-order valence-electron chi connectivity index (χ0n) is 26.2. The molecule has 0 unspecified atom stereocenters. The van der Waals surface area contributed by atoms with Gasteiger partial charge in [-0.05, 0) is 23.3 Å². The smallest absolute Gasteiger partial charge is 0.266 e. The van der Waals surface area contributed by atoms with Gasteiger partial charge in [-0.3, -0.25) is 33.9 Å². The van der Waals surface area contributed by atoms with Crippen LogP contribution in [0.25, 0.3) is 12.2 Å². The van der Waals surface area contributed by atoms with Gasteiger partial charge in [0.05, 0.1) is 9.81 Å². The van der Waals surface area contributed by atoms with E-state index in [1.165, 1.54) is 33.3 Å². The van der Waals surface area contributed by atoms with Crippen molar-refractivity contribution in [3.05, 3.63) is 106 Å². The molecule has 0 aliphatic carbocycles. The molecule has 2 aromatic rings. The number of allylic oxidation sites excluding steroid dienone is 4. The highest BCUT2D eigenvalue weighted by atomic mass is 32.2. The number of thiocarbonyl (C=S) groups is 2. The molecule has 3 aliphatic rings. The number of piperazine rings is 1. The number of rotatable bonds is 12. The minimum absolute atomic E-state index is 0.0798. The summed E-state index contributed by atoms with van der Waals surface area (Å²) >= 11 is 13.2. The molecule has 0 bridgehead atoms. The van der Waals surface area contributed by atoms with Crippen LogP contribution in [0.2, 0.25) is 0 Å². The van der Waals surface area contributed by atoms with E-state index in [9.17, 15) is 19.2 Å². The first-order valence-electron chi connectivity index (χ1n) is 15.5. The van der Waals surface area contributed by atoms with Crippen LogP contribution in [0.3, 0.4) is 0 Å². The molecule has 5 rings (SSSR count). The third-order valence-corrected chi connectivity index (χ3v) is 10.5. The Bertz CT molecular complexity index is 1670. The molecule has 4 amide bonds. The Morgan fingerprint density at radius 1 is 0.729 bits per heavy atom. The van der Waals surface area contributed by atoms with E-state index in [1.54, 1.807) is 17.1 Å². The van der Waals surface area contributed by atoms with Gasteiger partial charge in [0.25, 0.3) is 11.8 Å². The maximum Gasteiger partial charge on any atom is 0.266 e. The molecule has 3 heterocycles. The number of thioether (sulfide) groups is 2. The van der Waals surface area contributed by atoms with E-state index in [0.29, 0.717) is 57.7 Å². The molecule has 1 N–H and O–H groups in total. The Hall–Kier alpha value is -3.88. The van der Waals surface area contributed by atoms with Crippen LogP contribution < -0.4 is 5.32 Å². The molecule has 3 aliphatic heterocycles. The fourth-order valence-corrected chi connectivity index (χ4v) is 7.56. The normalized spacial score (nSPS) is 19.2. The van der Waals surface area contributed by atoms with Crippen LogP contribution in [0, 0.1) is 0 Å². The minimum Gasteiger partial charge on any atom is -0.355 e. The number of amides is 4. The molecule has 2 aromatic carbocycles. The van der Waals surface area contributed by atoms with Crippen LogP contribution in [0.15, 0.2) is 94.8 Å². The first-order chi connectivity index (χ1) is 23.3. The van der Waals surface area contributed by atoms with Gasteiger partial charge in [-0.1, -0.05) is 133 Å². The highest BCUT2D eigenvalue weighted by Gasteiger charge is 2.35. The van der Waals surface area contributed by atoms with Crippen molar-refractivity contribution in [1.29, 1.82) is 0 Å². The number of nitrogens with one attached hydrogen (secondary N) is 1. The first kappa shape index (κ1) is 35.4. The van der Waals surface area contributed by atoms with Gasteiger partial charge in [-0.15, -0.1) is 0 Å². The van der Waals surface area contributed by atoms with Gasteiger partial charge >= 0.3 is 0 Å². The molecule has 0 spiro atoms. The highest BCUT2D eigenvalue weighted by molar-refractivity contribution is 8.27. The number of nitrogens with zero attached hydrogens (tertiary/aromatic N) is 4. The van der Waals surface area contributed by atoms with Crippen LogP contribution in [0.1, 0.15) is 17.5 Å². The van der Waals surface area contributed by atoms with Crippen molar-refractivity contribution in [3.63, 3.8) is 0 Å². The average Bonchev–Trinajstić information content (AvgIpc) is 3.52.